The number of pyridine rings is 1. The molecule has 2 aromatic carbocycles. The van der Waals surface area contributed by atoms with E-state index in [0.29, 0.717) is 12.1 Å². The van der Waals surface area contributed by atoms with Crippen molar-refractivity contribution >= 4 is 50.9 Å². The van der Waals surface area contributed by atoms with E-state index in [4.69, 9.17) is 4.42 Å². The van der Waals surface area contributed by atoms with Crippen LogP contribution >= 0.6 is 0 Å². The van der Waals surface area contributed by atoms with Gasteiger partial charge < -0.3 is 24.8 Å². The Morgan fingerprint density at radius 3 is 2.27 bits per heavy atom. The summed E-state index contributed by atoms with van der Waals surface area (Å²) in [5.41, 5.74) is 1.02. The zero-order valence-electron chi connectivity index (χ0n) is 16.5. The monoisotopic (exact) mass is 447 g/mol. The third kappa shape index (κ3) is 3.10. The first-order valence-corrected chi connectivity index (χ1v) is 9.49. The fraction of sp³-hybridized carbons (Fsp3) is 0.0455. The van der Waals surface area contributed by atoms with Crippen LogP contribution in [0.1, 0.15) is 32.3 Å². The summed E-state index contributed by atoms with van der Waals surface area (Å²) in [6.07, 6.45) is -0.138. The van der Waals surface area contributed by atoms with Crippen LogP contribution in [-0.4, -0.2) is 53.0 Å². The molecule has 164 valence electrons. The number of hydrogen-bond acceptors (Lipinski definition) is 7. The molecule has 0 bridgehead atoms. The van der Waals surface area contributed by atoms with Gasteiger partial charge in [-0.05, 0) is 29.8 Å². The Kier molecular flexibility index (Phi) is 4.28. The van der Waals surface area contributed by atoms with Crippen LogP contribution in [0.15, 0.2) is 47.0 Å². The predicted molar refractivity (Wildman–Crippen MR) is 113 cm³/mol. The largest absolute Gasteiger partial charge is 0.508 e. The van der Waals surface area contributed by atoms with Gasteiger partial charge in [0.1, 0.15) is 16.8 Å². The predicted octanol–water partition coefficient (Wildman–Crippen LogP) is 3.55. The highest BCUT2D eigenvalue weighted by Gasteiger charge is 2.27. The van der Waals surface area contributed by atoms with Gasteiger partial charge in [-0.25, -0.2) is 24.4 Å². The van der Waals surface area contributed by atoms with Gasteiger partial charge in [-0.15, -0.1) is 0 Å². The van der Waals surface area contributed by atoms with E-state index in [-0.39, 0.29) is 44.2 Å². The number of phenols is 1. The molecule has 4 N–H and O–H groups in total. The molecule has 5 rings (SSSR count). The molecule has 0 aliphatic heterocycles. The van der Waals surface area contributed by atoms with E-state index < -0.39 is 23.9 Å². The Morgan fingerprint density at radius 1 is 0.909 bits per heavy atom. The number of rotatable bonds is 4. The lowest BCUT2D eigenvalue weighted by Crippen LogP contribution is -2.06. The van der Waals surface area contributed by atoms with Gasteiger partial charge in [-0.2, -0.15) is 0 Å². The molecule has 0 saturated carbocycles. The first kappa shape index (κ1) is 20.0. The summed E-state index contributed by atoms with van der Waals surface area (Å²) in [5, 5.41) is 38.3. The third-order valence-electron chi connectivity index (χ3n) is 5.23. The molecule has 0 atom stereocenters. The number of phenolic OH excluding ortho intramolecular Hbond substituents is 1. The van der Waals surface area contributed by atoms with Crippen molar-refractivity contribution < 1.29 is 39.2 Å². The highest BCUT2D eigenvalue weighted by Crippen LogP contribution is 2.38. The molecule has 0 amide bonds. The van der Waals surface area contributed by atoms with Crippen molar-refractivity contribution in [3.05, 3.63) is 65.3 Å². The van der Waals surface area contributed by atoms with E-state index in [1.807, 2.05) is 0 Å². The average Bonchev–Trinajstić information content (AvgIpc) is 3.38. The molecule has 0 saturated heterocycles. The van der Waals surface area contributed by atoms with Crippen molar-refractivity contribution in [2.45, 2.75) is 6.42 Å². The van der Waals surface area contributed by atoms with Crippen molar-refractivity contribution in [1.82, 2.24) is 14.5 Å². The molecule has 5 aromatic rings. The maximum absolute atomic E-state index is 11.9. The number of carbonyl (C=O) groups is 3. The minimum absolute atomic E-state index is 0.000766. The molecule has 0 spiro atoms. The van der Waals surface area contributed by atoms with E-state index in [1.54, 1.807) is 24.3 Å². The number of carboxylic acids is 2. The van der Waals surface area contributed by atoms with Crippen LogP contribution in [0.25, 0.3) is 32.9 Å². The lowest BCUT2D eigenvalue weighted by Gasteiger charge is -2.07. The Labute approximate surface area is 182 Å². The number of hydrogen-bond donors (Lipinski definition) is 4. The number of oxazole rings is 1. The van der Waals surface area contributed by atoms with Gasteiger partial charge in [0.05, 0.1) is 16.5 Å². The van der Waals surface area contributed by atoms with Crippen molar-refractivity contribution in [3.8, 4) is 5.75 Å². The van der Waals surface area contributed by atoms with Crippen molar-refractivity contribution in [2.75, 3.05) is 0 Å². The Hall–Kier alpha value is -4.93. The lowest BCUT2D eigenvalue weighted by molar-refractivity contribution is 0.0654. The summed E-state index contributed by atoms with van der Waals surface area (Å²) in [5.74, 6) is -3.45. The number of aromatic carboxylic acids is 2. The number of nitrogens with zero attached hydrogens (tertiary/aromatic N) is 3. The summed E-state index contributed by atoms with van der Waals surface area (Å²) >= 11 is 0. The molecule has 33 heavy (non-hydrogen) atoms. The van der Waals surface area contributed by atoms with Crippen molar-refractivity contribution in [3.63, 3.8) is 0 Å². The van der Waals surface area contributed by atoms with Gasteiger partial charge in [0, 0.05) is 23.7 Å². The highest BCUT2D eigenvalue weighted by atomic mass is 16.4. The molecule has 3 heterocycles. The van der Waals surface area contributed by atoms with Crippen LogP contribution in [-0.2, 0) is 6.42 Å². The number of fused-ring (bicyclic) bond motifs is 6. The Bertz CT molecular complexity index is 1630. The molecule has 0 aliphatic carbocycles. The lowest BCUT2D eigenvalue weighted by atomic mass is 10.0. The molecule has 0 aliphatic rings. The third-order valence-corrected chi connectivity index (χ3v) is 5.23. The molecule has 0 radical (unpaired) electrons. The van der Waals surface area contributed by atoms with E-state index >= 15 is 0 Å². The number of aromatic nitrogens is 3. The fourth-order valence-corrected chi connectivity index (χ4v) is 3.85. The maximum Gasteiger partial charge on any atom is 0.416 e. The first-order chi connectivity index (χ1) is 15.7. The van der Waals surface area contributed by atoms with E-state index in [0.717, 1.165) is 16.3 Å². The standard InChI is InChI=1S/C22H13N3O8/c26-11-4-1-9(2-5-11)7-10-3-6-12-15(23-10)16-18(33-19(24-16)21(29)30)14-13(20(27)28)8-25(17(12)14)22(31)32/h1-6,8,26H,7H2,(H,27,28)(H,29,30)(H,31,32). The van der Waals surface area contributed by atoms with Gasteiger partial charge in [-0.1, -0.05) is 12.1 Å². The van der Waals surface area contributed by atoms with E-state index in [9.17, 15) is 34.8 Å². The smallest absolute Gasteiger partial charge is 0.416 e. The Morgan fingerprint density at radius 2 is 1.64 bits per heavy atom. The zero-order chi connectivity index (χ0) is 23.4. The second-order valence-electron chi connectivity index (χ2n) is 7.27. The quantitative estimate of drug-likeness (QED) is 0.319. The van der Waals surface area contributed by atoms with Gasteiger partial charge in [0.2, 0.25) is 0 Å². The molecule has 0 unspecified atom stereocenters. The summed E-state index contributed by atoms with van der Waals surface area (Å²) in [6, 6.07) is 9.73. The second-order valence-corrected chi connectivity index (χ2v) is 7.27. The van der Waals surface area contributed by atoms with Crippen LogP contribution in [0.2, 0.25) is 0 Å². The van der Waals surface area contributed by atoms with E-state index in [1.165, 1.54) is 12.1 Å². The van der Waals surface area contributed by atoms with Crippen molar-refractivity contribution in [2.24, 2.45) is 0 Å². The molecule has 11 heteroatoms. The normalized spacial score (nSPS) is 11.4. The van der Waals surface area contributed by atoms with Gasteiger partial charge in [-0.3, -0.25) is 4.57 Å². The molecule has 0 fully saturated rings. The SMILES string of the molecule is O=C(O)c1nc2c3nc(Cc4ccc(O)cc4)ccc3c3c(c(C(=O)O)cn3C(=O)O)c2o1. The Balaban J connectivity index is 1.87. The van der Waals surface area contributed by atoms with Gasteiger partial charge in [0.25, 0.3) is 0 Å². The topological polar surface area (TPSA) is 176 Å². The number of carboxylic acid groups (broad SMARTS) is 3. The van der Waals surface area contributed by atoms with Gasteiger partial charge >= 0.3 is 23.9 Å². The zero-order valence-corrected chi connectivity index (χ0v) is 16.5. The summed E-state index contributed by atoms with van der Waals surface area (Å²) in [6.45, 7) is 0. The number of aromatic hydroxyl groups is 1. The van der Waals surface area contributed by atoms with Crippen LogP contribution < -0.4 is 0 Å². The summed E-state index contributed by atoms with van der Waals surface area (Å²) < 4.78 is 6.10. The van der Waals surface area contributed by atoms with E-state index in [2.05, 4.69) is 9.97 Å². The van der Waals surface area contributed by atoms with Gasteiger partial charge in [0.15, 0.2) is 5.58 Å². The molecule has 3 aromatic heterocycles. The van der Waals surface area contributed by atoms with Crippen molar-refractivity contribution in [1.29, 1.82) is 0 Å². The average molecular weight is 447 g/mol. The van der Waals surface area contributed by atoms with Crippen LogP contribution in [0, 0.1) is 0 Å². The minimum atomic E-state index is -1.47. The molecular weight excluding hydrogens is 434 g/mol. The highest BCUT2D eigenvalue weighted by molar-refractivity contribution is 6.26. The summed E-state index contributed by atoms with van der Waals surface area (Å²) in [4.78, 5) is 43.8. The van der Waals surface area contributed by atoms with Crippen LogP contribution in [0.3, 0.4) is 0 Å². The first-order valence-electron chi connectivity index (χ1n) is 9.49. The maximum atomic E-state index is 11.9. The number of benzene rings is 2. The minimum Gasteiger partial charge on any atom is -0.508 e. The fourth-order valence-electron chi connectivity index (χ4n) is 3.85. The molecular formula is C22H13N3O8. The molecule has 11 nitrogen and oxygen atoms in total. The summed E-state index contributed by atoms with van der Waals surface area (Å²) in [7, 11) is 0. The van der Waals surface area contributed by atoms with Crippen LogP contribution in [0.4, 0.5) is 4.79 Å². The second kappa shape index (κ2) is 7.05. The van der Waals surface area contributed by atoms with Crippen LogP contribution in [0.5, 0.6) is 5.75 Å².